The highest BCUT2D eigenvalue weighted by molar-refractivity contribution is 7.12. The van der Waals surface area contributed by atoms with Crippen LogP contribution in [0.25, 0.3) is 0 Å². The smallest absolute Gasteiger partial charge is 0.265 e. The van der Waals surface area contributed by atoms with E-state index >= 15 is 0 Å². The predicted molar refractivity (Wildman–Crippen MR) is 124 cm³/mol. The van der Waals surface area contributed by atoms with E-state index in [9.17, 15) is 9.59 Å². The number of nitrogens with zero attached hydrogens (tertiary/aromatic N) is 2. The van der Waals surface area contributed by atoms with Gasteiger partial charge < -0.3 is 20.3 Å². The van der Waals surface area contributed by atoms with Crippen molar-refractivity contribution < 1.29 is 14.3 Å². The fourth-order valence-electron chi connectivity index (χ4n) is 4.05. The lowest BCUT2D eigenvalue weighted by atomic mass is 10.1. The molecule has 0 atom stereocenters. The first-order valence-corrected chi connectivity index (χ1v) is 11.9. The molecule has 0 unspecified atom stereocenters. The van der Waals surface area contributed by atoms with Crippen LogP contribution in [0.3, 0.4) is 0 Å². The number of benzene rings is 1. The van der Waals surface area contributed by atoms with Gasteiger partial charge in [0.05, 0.1) is 23.7 Å². The summed E-state index contributed by atoms with van der Waals surface area (Å²) in [6.07, 6.45) is 3.18. The van der Waals surface area contributed by atoms with Gasteiger partial charge in [-0.1, -0.05) is 6.07 Å². The summed E-state index contributed by atoms with van der Waals surface area (Å²) in [7, 11) is 0. The molecule has 0 spiro atoms. The molecule has 4 rings (SSSR count). The van der Waals surface area contributed by atoms with Gasteiger partial charge in [0.1, 0.15) is 0 Å². The molecule has 2 saturated heterocycles. The molecular weight excluding hydrogens is 412 g/mol. The molecule has 2 aliphatic heterocycles. The van der Waals surface area contributed by atoms with Crippen molar-refractivity contribution in [1.29, 1.82) is 0 Å². The molecule has 0 radical (unpaired) electrons. The summed E-state index contributed by atoms with van der Waals surface area (Å²) in [6, 6.07) is 9.29. The van der Waals surface area contributed by atoms with Crippen LogP contribution in [0.4, 0.5) is 11.4 Å². The molecule has 31 heavy (non-hydrogen) atoms. The first kappa shape index (κ1) is 21.8. The molecule has 7 nitrogen and oxygen atoms in total. The van der Waals surface area contributed by atoms with Crippen LogP contribution < -0.4 is 15.5 Å². The second kappa shape index (κ2) is 10.7. The SMILES string of the molecule is O=C(Nc1ccc(N2CCCC2)c(C(=O)NCCCN2CCOCC2)c1)c1cccs1. The quantitative estimate of drug-likeness (QED) is 0.615. The molecule has 1 aromatic heterocycles. The minimum Gasteiger partial charge on any atom is -0.379 e. The Morgan fingerprint density at radius 1 is 1.03 bits per heavy atom. The maximum absolute atomic E-state index is 13.1. The van der Waals surface area contributed by atoms with Gasteiger partial charge in [0.2, 0.25) is 0 Å². The van der Waals surface area contributed by atoms with Crippen LogP contribution in [0.1, 0.15) is 39.3 Å². The van der Waals surface area contributed by atoms with E-state index in [-0.39, 0.29) is 11.8 Å². The Balaban J connectivity index is 1.41. The lowest BCUT2D eigenvalue weighted by Crippen LogP contribution is -2.38. The molecule has 2 N–H and O–H groups in total. The van der Waals surface area contributed by atoms with E-state index in [1.807, 2.05) is 23.6 Å². The Bertz CT molecular complexity index is 875. The highest BCUT2D eigenvalue weighted by atomic mass is 32.1. The van der Waals surface area contributed by atoms with Gasteiger partial charge in [0.25, 0.3) is 11.8 Å². The van der Waals surface area contributed by atoms with E-state index in [1.54, 1.807) is 12.1 Å². The van der Waals surface area contributed by atoms with Gasteiger partial charge in [-0.2, -0.15) is 0 Å². The number of hydrogen-bond donors (Lipinski definition) is 2. The third-order valence-corrected chi connectivity index (χ3v) is 6.60. The molecule has 8 heteroatoms. The fourth-order valence-corrected chi connectivity index (χ4v) is 4.67. The number of rotatable bonds is 8. The molecule has 0 saturated carbocycles. The molecule has 2 aromatic rings. The van der Waals surface area contributed by atoms with E-state index < -0.39 is 0 Å². The number of thiophene rings is 1. The summed E-state index contributed by atoms with van der Waals surface area (Å²) >= 11 is 1.40. The highest BCUT2D eigenvalue weighted by Crippen LogP contribution is 2.28. The van der Waals surface area contributed by atoms with Crippen molar-refractivity contribution in [3.8, 4) is 0 Å². The largest absolute Gasteiger partial charge is 0.379 e. The number of amides is 2. The van der Waals surface area contributed by atoms with Crippen LogP contribution in [0.15, 0.2) is 35.7 Å². The number of morpholine rings is 1. The van der Waals surface area contributed by atoms with Crippen molar-refractivity contribution in [2.75, 3.05) is 62.7 Å². The number of ether oxygens (including phenoxy) is 1. The number of anilines is 2. The average Bonchev–Trinajstić information content (AvgIpc) is 3.52. The van der Waals surface area contributed by atoms with E-state index in [2.05, 4.69) is 20.4 Å². The molecule has 0 bridgehead atoms. The Labute approximate surface area is 187 Å². The third kappa shape index (κ3) is 5.84. The number of carbonyl (C=O) groups is 2. The molecule has 3 heterocycles. The number of nitrogens with one attached hydrogen (secondary N) is 2. The van der Waals surface area contributed by atoms with Crippen LogP contribution in [-0.2, 0) is 4.74 Å². The third-order valence-electron chi connectivity index (χ3n) is 5.73. The molecule has 0 aliphatic carbocycles. The van der Waals surface area contributed by atoms with Crippen LogP contribution in [0, 0.1) is 0 Å². The highest BCUT2D eigenvalue weighted by Gasteiger charge is 2.21. The minimum absolute atomic E-state index is 0.0869. The van der Waals surface area contributed by atoms with Crippen molar-refractivity contribution >= 4 is 34.5 Å². The Morgan fingerprint density at radius 2 is 1.84 bits per heavy atom. The summed E-state index contributed by atoms with van der Waals surface area (Å²) in [5.74, 6) is -0.239. The average molecular weight is 443 g/mol. The Morgan fingerprint density at radius 3 is 2.58 bits per heavy atom. The van der Waals surface area contributed by atoms with Crippen molar-refractivity contribution in [1.82, 2.24) is 10.2 Å². The minimum atomic E-state index is -0.152. The molecule has 2 fully saturated rings. The van der Waals surface area contributed by atoms with Crippen molar-refractivity contribution in [2.24, 2.45) is 0 Å². The monoisotopic (exact) mass is 442 g/mol. The van der Waals surface area contributed by atoms with Gasteiger partial charge in [-0.3, -0.25) is 14.5 Å². The number of carbonyl (C=O) groups excluding carboxylic acids is 2. The van der Waals surface area contributed by atoms with Gasteiger partial charge in [0, 0.05) is 44.1 Å². The zero-order valence-electron chi connectivity index (χ0n) is 17.8. The summed E-state index contributed by atoms with van der Waals surface area (Å²) in [5.41, 5.74) is 2.20. The zero-order chi connectivity index (χ0) is 21.5. The summed E-state index contributed by atoms with van der Waals surface area (Å²) < 4.78 is 5.38. The maximum Gasteiger partial charge on any atom is 0.265 e. The van der Waals surface area contributed by atoms with Crippen LogP contribution in [0.5, 0.6) is 0 Å². The Hall–Kier alpha value is -2.42. The van der Waals surface area contributed by atoms with Crippen molar-refractivity contribution in [2.45, 2.75) is 19.3 Å². The van der Waals surface area contributed by atoms with E-state index in [0.29, 0.717) is 22.7 Å². The molecule has 166 valence electrons. The van der Waals surface area contributed by atoms with Crippen LogP contribution in [-0.4, -0.2) is 69.2 Å². The lowest BCUT2D eigenvalue weighted by molar-refractivity contribution is 0.0374. The van der Waals surface area contributed by atoms with Crippen LogP contribution in [0.2, 0.25) is 0 Å². The van der Waals surface area contributed by atoms with Gasteiger partial charge in [0.15, 0.2) is 0 Å². The molecular formula is C23H30N4O3S. The van der Waals surface area contributed by atoms with Gasteiger partial charge in [-0.15, -0.1) is 11.3 Å². The number of hydrogen-bond acceptors (Lipinski definition) is 6. The van der Waals surface area contributed by atoms with Crippen molar-refractivity contribution in [3.05, 3.63) is 46.2 Å². The molecule has 2 amide bonds. The first-order valence-electron chi connectivity index (χ1n) is 11.0. The van der Waals surface area contributed by atoms with E-state index in [1.165, 1.54) is 11.3 Å². The normalized spacial score (nSPS) is 17.0. The van der Waals surface area contributed by atoms with Gasteiger partial charge >= 0.3 is 0 Å². The second-order valence-electron chi connectivity index (χ2n) is 7.92. The van der Waals surface area contributed by atoms with Gasteiger partial charge in [-0.05, 0) is 55.5 Å². The molecule has 1 aromatic carbocycles. The Kier molecular flexibility index (Phi) is 7.56. The first-order chi connectivity index (χ1) is 15.2. The fraction of sp³-hybridized carbons (Fsp3) is 0.478. The van der Waals surface area contributed by atoms with Crippen molar-refractivity contribution in [3.63, 3.8) is 0 Å². The summed E-state index contributed by atoms with van der Waals surface area (Å²) in [4.78, 5) is 30.8. The predicted octanol–water partition coefficient (Wildman–Crippen LogP) is 3.05. The molecule has 2 aliphatic rings. The van der Waals surface area contributed by atoms with Crippen LogP contribution >= 0.6 is 11.3 Å². The van der Waals surface area contributed by atoms with E-state index in [0.717, 1.165) is 70.9 Å². The van der Waals surface area contributed by atoms with Gasteiger partial charge in [-0.25, -0.2) is 0 Å². The second-order valence-corrected chi connectivity index (χ2v) is 8.87. The maximum atomic E-state index is 13.1. The van der Waals surface area contributed by atoms with E-state index in [4.69, 9.17) is 4.74 Å². The summed E-state index contributed by atoms with van der Waals surface area (Å²) in [6.45, 7) is 6.99. The summed E-state index contributed by atoms with van der Waals surface area (Å²) in [5, 5.41) is 7.87. The standard InChI is InChI=1S/C23H30N4O3S/c28-22(24-8-4-9-26-12-14-30-15-13-26)19-17-18(25-23(29)21-5-3-16-31-21)6-7-20(19)27-10-1-2-11-27/h3,5-7,16-17H,1-2,4,8-15H2,(H,24,28)(H,25,29). The zero-order valence-corrected chi connectivity index (χ0v) is 18.6. The lowest BCUT2D eigenvalue weighted by Gasteiger charge is -2.26. The topological polar surface area (TPSA) is 73.9 Å².